The molecule has 0 aromatic heterocycles. The monoisotopic (exact) mass is 346 g/mol. The topological polar surface area (TPSA) is 71.3 Å². The third kappa shape index (κ3) is 5.18. The van der Waals surface area contributed by atoms with Gasteiger partial charge in [-0.3, -0.25) is 4.79 Å². The van der Waals surface area contributed by atoms with Gasteiger partial charge in [-0.2, -0.15) is 5.26 Å². The summed E-state index contributed by atoms with van der Waals surface area (Å²) in [5.41, 5.74) is -0.0895. The standard InChI is InChI=1S/C18H16F2N2O3/c1-24-13-3-5-14(6-4-13)25-9-8-18(23)22-17(11-21)15-7-2-12(19)10-16(15)20/h2-7,10,17H,8-9H2,1H3,(H,22,23)/t17-/m1/s1. The Morgan fingerprint density at radius 1 is 1.20 bits per heavy atom. The Hall–Kier alpha value is -3.14. The molecule has 0 saturated carbocycles. The molecule has 0 radical (unpaired) electrons. The van der Waals surface area contributed by atoms with Crippen molar-refractivity contribution in [3.05, 3.63) is 59.7 Å². The number of hydrogen-bond acceptors (Lipinski definition) is 4. The van der Waals surface area contributed by atoms with E-state index < -0.39 is 23.6 Å². The van der Waals surface area contributed by atoms with Crippen LogP contribution in [0.2, 0.25) is 0 Å². The zero-order valence-corrected chi connectivity index (χ0v) is 13.5. The molecule has 1 atom stereocenters. The molecular weight excluding hydrogens is 330 g/mol. The lowest BCUT2D eigenvalue weighted by Crippen LogP contribution is -2.29. The van der Waals surface area contributed by atoms with Crippen LogP contribution in [0.25, 0.3) is 0 Å². The van der Waals surface area contributed by atoms with Crippen molar-refractivity contribution < 1.29 is 23.0 Å². The number of rotatable bonds is 7. The number of nitrogens with zero attached hydrogens (tertiary/aromatic N) is 1. The summed E-state index contributed by atoms with van der Waals surface area (Å²) in [4.78, 5) is 11.9. The molecule has 0 saturated heterocycles. The van der Waals surface area contributed by atoms with Crippen LogP contribution in [-0.4, -0.2) is 19.6 Å². The van der Waals surface area contributed by atoms with Crippen LogP contribution in [0.3, 0.4) is 0 Å². The predicted octanol–water partition coefficient (Wildman–Crippen LogP) is 3.12. The van der Waals surface area contributed by atoms with Gasteiger partial charge in [0, 0.05) is 11.6 Å². The molecule has 25 heavy (non-hydrogen) atoms. The molecule has 1 amide bonds. The van der Waals surface area contributed by atoms with E-state index in [1.807, 2.05) is 0 Å². The van der Waals surface area contributed by atoms with Crippen molar-refractivity contribution in [3.8, 4) is 17.6 Å². The fraction of sp³-hybridized carbons (Fsp3) is 0.222. The molecule has 0 aliphatic rings. The van der Waals surface area contributed by atoms with Gasteiger partial charge < -0.3 is 14.8 Å². The molecule has 0 unspecified atom stereocenters. The number of methoxy groups -OCH3 is 1. The van der Waals surface area contributed by atoms with Crippen LogP contribution < -0.4 is 14.8 Å². The van der Waals surface area contributed by atoms with Crippen LogP contribution in [0.4, 0.5) is 8.78 Å². The Balaban J connectivity index is 1.86. The van der Waals surface area contributed by atoms with E-state index in [1.165, 1.54) is 0 Å². The van der Waals surface area contributed by atoms with E-state index in [2.05, 4.69) is 5.32 Å². The molecular formula is C18H16F2N2O3. The largest absolute Gasteiger partial charge is 0.497 e. The fourth-order valence-corrected chi connectivity index (χ4v) is 2.08. The number of hydrogen-bond donors (Lipinski definition) is 1. The summed E-state index contributed by atoms with van der Waals surface area (Å²) in [6.07, 6.45) is -0.0208. The molecule has 0 spiro atoms. The van der Waals surface area contributed by atoms with Crippen molar-refractivity contribution in [2.45, 2.75) is 12.5 Å². The SMILES string of the molecule is COc1ccc(OCCC(=O)N[C@H](C#N)c2ccc(F)cc2F)cc1. The van der Waals surface area contributed by atoms with Gasteiger partial charge in [0.2, 0.25) is 5.91 Å². The van der Waals surface area contributed by atoms with Crippen LogP contribution in [0.5, 0.6) is 11.5 Å². The molecule has 2 aromatic carbocycles. The normalized spacial score (nSPS) is 11.3. The first-order valence-electron chi connectivity index (χ1n) is 7.44. The Kier molecular flexibility index (Phi) is 6.29. The Bertz CT molecular complexity index is 773. The Morgan fingerprint density at radius 3 is 2.48 bits per heavy atom. The lowest BCUT2D eigenvalue weighted by atomic mass is 10.1. The molecule has 130 valence electrons. The van der Waals surface area contributed by atoms with Crippen LogP contribution in [0, 0.1) is 23.0 Å². The highest BCUT2D eigenvalue weighted by molar-refractivity contribution is 5.77. The molecule has 5 nitrogen and oxygen atoms in total. The third-order valence-corrected chi connectivity index (χ3v) is 3.37. The van der Waals surface area contributed by atoms with Gasteiger partial charge in [-0.1, -0.05) is 6.07 Å². The lowest BCUT2D eigenvalue weighted by molar-refractivity contribution is -0.122. The lowest BCUT2D eigenvalue weighted by Gasteiger charge is -2.13. The van der Waals surface area contributed by atoms with Crippen LogP contribution in [0.1, 0.15) is 18.0 Å². The Labute approximate surface area is 143 Å². The van der Waals surface area contributed by atoms with Crippen molar-refractivity contribution in [1.82, 2.24) is 5.32 Å². The van der Waals surface area contributed by atoms with Crippen molar-refractivity contribution in [3.63, 3.8) is 0 Å². The van der Waals surface area contributed by atoms with Gasteiger partial charge in [0.25, 0.3) is 0 Å². The highest BCUT2D eigenvalue weighted by Crippen LogP contribution is 2.19. The quantitative estimate of drug-likeness (QED) is 0.836. The summed E-state index contributed by atoms with van der Waals surface area (Å²) in [6.45, 7) is 0.0855. The Morgan fingerprint density at radius 2 is 1.88 bits per heavy atom. The molecule has 0 heterocycles. The number of nitriles is 1. The minimum atomic E-state index is -1.20. The van der Waals surface area contributed by atoms with E-state index in [-0.39, 0.29) is 18.6 Å². The zero-order valence-electron chi connectivity index (χ0n) is 13.5. The summed E-state index contributed by atoms with van der Waals surface area (Å²) in [5.74, 6) is -0.874. The van der Waals surface area contributed by atoms with Gasteiger partial charge >= 0.3 is 0 Å². The minimum absolute atomic E-state index is 0.0208. The van der Waals surface area contributed by atoms with Crippen molar-refractivity contribution in [2.24, 2.45) is 0 Å². The van der Waals surface area contributed by atoms with Gasteiger partial charge in [-0.15, -0.1) is 0 Å². The summed E-state index contributed by atoms with van der Waals surface area (Å²) < 4.78 is 37.1. The van der Waals surface area contributed by atoms with E-state index in [0.717, 1.165) is 12.1 Å². The predicted molar refractivity (Wildman–Crippen MR) is 86.0 cm³/mol. The number of benzene rings is 2. The first-order valence-corrected chi connectivity index (χ1v) is 7.44. The molecule has 1 N–H and O–H groups in total. The summed E-state index contributed by atoms with van der Waals surface area (Å²) >= 11 is 0. The number of carbonyl (C=O) groups excluding carboxylic acids is 1. The zero-order chi connectivity index (χ0) is 18.2. The second kappa shape index (κ2) is 8.64. The number of carbonyl (C=O) groups is 1. The van der Waals surface area contributed by atoms with Gasteiger partial charge in [0.1, 0.15) is 29.2 Å². The molecule has 0 fully saturated rings. The molecule has 2 rings (SSSR count). The molecule has 0 aliphatic carbocycles. The van der Waals surface area contributed by atoms with Gasteiger partial charge in [-0.05, 0) is 30.3 Å². The van der Waals surface area contributed by atoms with Gasteiger partial charge in [0.05, 0.1) is 26.2 Å². The second-order valence-electron chi connectivity index (χ2n) is 5.07. The first kappa shape index (κ1) is 18.2. The highest BCUT2D eigenvalue weighted by Gasteiger charge is 2.18. The average Bonchev–Trinajstić information content (AvgIpc) is 2.61. The second-order valence-corrected chi connectivity index (χ2v) is 5.07. The van der Waals surface area contributed by atoms with Crippen LogP contribution in [-0.2, 0) is 4.79 Å². The summed E-state index contributed by atoms with van der Waals surface area (Å²) in [6, 6.07) is 10.2. The smallest absolute Gasteiger partial charge is 0.224 e. The fourth-order valence-electron chi connectivity index (χ4n) is 2.08. The first-order chi connectivity index (χ1) is 12.0. The average molecular weight is 346 g/mol. The molecule has 0 aliphatic heterocycles. The van der Waals surface area contributed by atoms with Crippen molar-refractivity contribution in [2.75, 3.05) is 13.7 Å². The van der Waals surface area contributed by atoms with E-state index in [4.69, 9.17) is 14.7 Å². The maximum atomic E-state index is 13.7. The van der Waals surface area contributed by atoms with Crippen molar-refractivity contribution in [1.29, 1.82) is 5.26 Å². The third-order valence-electron chi connectivity index (χ3n) is 3.37. The number of nitrogens with one attached hydrogen (secondary N) is 1. The maximum Gasteiger partial charge on any atom is 0.224 e. The van der Waals surface area contributed by atoms with Gasteiger partial charge in [0.15, 0.2) is 0 Å². The highest BCUT2D eigenvalue weighted by atomic mass is 19.1. The number of ether oxygens (including phenoxy) is 2. The van der Waals surface area contributed by atoms with E-state index in [0.29, 0.717) is 17.6 Å². The van der Waals surface area contributed by atoms with Gasteiger partial charge in [-0.25, -0.2) is 8.78 Å². The minimum Gasteiger partial charge on any atom is -0.497 e. The van der Waals surface area contributed by atoms with E-state index in [9.17, 15) is 13.6 Å². The molecule has 2 aromatic rings. The van der Waals surface area contributed by atoms with Crippen LogP contribution in [0.15, 0.2) is 42.5 Å². The van der Waals surface area contributed by atoms with Crippen LogP contribution >= 0.6 is 0 Å². The van der Waals surface area contributed by atoms with E-state index in [1.54, 1.807) is 37.4 Å². The number of halogens is 2. The summed E-state index contributed by atoms with van der Waals surface area (Å²) in [5, 5.41) is 11.5. The van der Waals surface area contributed by atoms with E-state index >= 15 is 0 Å². The summed E-state index contributed by atoms with van der Waals surface area (Å²) in [7, 11) is 1.55. The molecule has 0 bridgehead atoms. The molecule has 7 heteroatoms. The maximum absolute atomic E-state index is 13.7. The number of amides is 1. The van der Waals surface area contributed by atoms with Crippen molar-refractivity contribution >= 4 is 5.91 Å².